The Kier molecular flexibility index (Phi) is 3.26. The number of ether oxygens (including phenoxy) is 1. The minimum absolute atomic E-state index is 0.212. The second-order valence-electron chi connectivity index (χ2n) is 7.15. The Morgan fingerprint density at radius 1 is 1.10 bits per heavy atom. The summed E-state index contributed by atoms with van der Waals surface area (Å²) in [4.78, 5) is 15.3. The number of hydrogen-bond donors (Lipinski definition) is 1. The maximum atomic E-state index is 13.1. The van der Waals surface area contributed by atoms with Crippen molar-refractivity contribution in [2.45, 2.75) is 75.5 Å². The predicted molar refractivity (Wildman–Crippen MR) is 76.2 cm³/mol. The average Bonchev–Trinajstić information content (AvgIpc) is 3.21. The summed E-state index contributed by atoms with van der Waals surface area (Å²) in [6.45, 7) is 1.56. The van der Waals surface area contributed by atoms with Crippen LogP contribution in [0.25, 0.3) is 0 Å². The molecule has 1 spiro atoms. The molecule has 1 N–H and O–H groups in total. The number of amides is 1. The SMILES string of the molecule is O=C1N(C2CCOC2)C(C2CCCC2)NC12CCCC2. The zero-order valence-electron chi connectivity index (χ0n) is 12.3. The molecule has 2 aliphatic heterocycles. The Morgan fingerprint density at radius 2 is 1.85 bits per heavy atom. The van der Waals surface area contributed by atoms with Crippen LogP contribution in [0.3, 0.4) is 0 Å². The van der Waals surface area contributed by atoms with E-state index in [4.69, 9.17) is 4.74 Å². The highest BCUT2D eigenvalue weighted by Gasteiger charge is 2.56. The maximum absolute atomic E-state index is 13.1. The van der Waals surface area contributed by atoms with Crippen LogP contribution in [0.15, 0.2) is 0 Å². The van der Waals surface area contributed by atoms with Gasteiger partial charge >= 0.3 is 0 Å². The summed E-state index contributed by atoms with van der Waals surface area (Å²) in [5.74, 6) is 1.06. The van der Waals surface area contributed by atoms with E-state index in [0.717, 1.165) is 32.5 Å². The third-order valence-electron chi connectivity index (χ3n) is 5.97. The number of carbonyl (C=O) groups excluding carboxylic acids is 1. The molecule has 2 heterocycles. The molecular formula is C16H26N2O2. The fourth-order valence-electron chi connectivity index (χ4n) is 4.88. The van der Waals surface area contributed by atoms with E-state index >= 15 is 0 Å². The molecule has 4 heteroatoms. The van der Waals surface area contributed by atoms with Crippen LogP contribution in [0.4, 0.5) is 0 Å². The zero-order chi connectivity index (χ0) is 13.6. The van der Waals surface area contributed by atoms with Crippen LogP contribution in [0, 0.1) is 5.92 Å². The van der Waals surface area contributed by atoms with Crippen molar-refractivity contribution in [1.29, 1.82) is 0 Å². The molecule has 0 bridgehead atoms. The molecule has 1 amide bonds. The highest BCUT2D eigenvalue weighted by molar-refractivity contribution is 5.89. The molecular weight excluding hydrogens is 252 g/mol. The standard InChI is InChI=1S/C16H26N2O2/c19-15-16(8-3-4-9-16)17-14(12-5-1-2-6-12)18(15)13-7-10-20-11-13/h12-14,17H,1-11H2. The van der Waals surface area contributed by atoms with Gasteiger partial charge in [-0.2, -0.15) is 0 Å². The van der Waals surface area contributed by atoms with Gasteiger partial charge in [0.15, 0.2) is 0 Å². The second kappa shape index (κ2) is 4.99. The molecule has 0 aromatic rings. The normalized spacial score (nSPS) is 37.6. The molecule has 2 saturated carbocycles. The van der Waals surface area contributed by atoms with Gasteiger partial charge in [-0.25, -0.2) is 0 Å². The first kappa shape index (κ1) is 13.1. The van der Waals surface area contributed by atoms with Gasteiger partial charge < -0.3 is 9.64 Å². The Bertz CT molecular complexity index is 380. The van der Waals surface area contributed by atoms with Crippen molar-refractivity contribution in [3.8, 4) is 0 Å². The number of hydrogen-bond acceptors (Lipinski definition) is 3. The summed E-state index contributed by atoms with van der Waals surface area (Å²) in [5.41, 5.74) is -0.212. The number of rotatable bonds is 2. The van der Waals surface area contributed by atoms with Crippen molar-refractivity contribution in [1.82, 2.24) is 10.2 Å². The van der Waals surface area contributed by atoms with Crippen LogP contribution in [0.5, 0.6) is 0 Å². The molecule has 0 radical (unpaired) electrons. The van der Waals surface area contributed by atoms with E-state index in [1.165, 1.54) is 38.5 Å². The zero-order valence-corrected chi connectivity index (χ0v) is 12.3. The van der Waals surface area contributed by atoms with Crippen LogP contribution >= 0.6 is 0 Å². The molecule has 0 aromatic carbocycles. The summed E-state index contributed by atoms with van der Waals surface area (Å²) in [6, 6.07) is 0.320. The van der Waals surface area contributed by atoms with Crippen molar-refractivity contribution in [2.24, 2.45) is 5.92 Å². The first-order chi connectivity index (χ1) is 9.80. The van der Waals surface area contributed by atoms with Gasteiger partial charge in [0.25, 0.3) is 0 Å². The van der Waals surface area contributed by atoms with E-state index in [2.05, 4.69) is 10.2 Å². The van der Waals surface area contributed by atoms with Gasteiger partial charge in [-0.05, 0) is 38.0 Å². The molecule has 4 rings (SSSR count). The summed E-state index contributed by atoms with van der Waals surface area (Å²) in [7, 11) is 0. The van der Waals surface area contributed by atoms with Gasteiger partial charge in [0, 0.05) is 6.61 Å². The van der Waals surface area contributed by atoms with Crippen molar-refractivity contribution in [3.05, 3.63) is 0 Å². The lowest BCUT2D eigenvalue weighted by Gasteiger charge is -2.33. The van der Waals surface area contributed by atoms with E-state index in [-0.39, 0.29) is 11.7 Å². The van der Waals surface area contributed by atoms with Crippen molar-refractivity contribution < 1.29 is 9.53 Å². The molecule has 2 aliphatic carbocycles. The fraction of sp³-hybridized carbons (Fsp3) is 0.938. The molecule has 4 nitrogen and oxygen atoms in total. The second-order valence-corrected chi connectivity index (χ2v) is 7.15. The molecule has 2 atom stereocenters. The Hall–Kier alpha value is -0.610. The van der Waals surface area contributed by atoms with E-state index < -0.39 is 0 Å². The van der Waals surface area contributed by atoms with Gasteiger partial charge in [-0.15, -0.1) is 0 Å². The van der Waals surface area contributed by atoms with Crippen LogP contribution in [0.1, 0.15) is 57.8 Å². The Morgan fingerprint density at radius 3 is 2.50 bits per heavy atom. The maximum Gasteiger partial charge on any atom is 0.244 e. The Balaban J connectivity index is 1.62. The molecule has 2 saturated heterocycles. The highest BCUT2D eigenvalue weighted by atomic mass is 16.5. The predicted octanol–water partition coefficient (Wildman–Crippen LogP) is 2.04. The lowest BCUT2D eigenvalue weighted by Crippen LogP contribution is -2.48. The Labute approximate surface area is 121 Å². The van der Waals surface area contributed by atoms with E-state index in [1.54, 1.807) is 0 Å². The largest absolute Gasteiger partial charge is 0.379 e. The number of nitrogens with one attached hydrogen (secondary N) is 1. The number of carbonyl (C=O) groups is 1. The molecule has 20 heavy (non-hydrogen) atoms. The highest BCUT2D eigenvalue weighted by Crippen LogP contribution is 2.42. The van der Waals surface area contributed by atoms with Crippen LogP contribution < -0.4 is 5.32 Å². The molecule has 4 fully saturated rings. The monoisotopic (exact) mass is 278 g/mol. The van der Waals surface area contributed by atoms with E-state index in [9.17, 15) is 4.79 Å². The quantitative estimate of drug-likeness (QED) is 0.840. The lowest BCUT2D eigenvalue weighted by atomic mass is 9.97. The van der Waals surface area contributed by atoms with E-state index in [1.807, 2.05) is 0 Å². The van der Waals surface area contributed by atoms with Gasteiger partial charge in [0.05, 0.1) is 24.4 Å². The van der Waals surface area contributed by atoms with Crippen LogP contribution in [0.2, 0.25) is 0 Å². The first-order valence-electron chi connectivity index (χ1n) is 8.48. The van der Waals surface area contributed by atoms with Crippen LogP contribution in [-0.2, 0) is 9.53 Å². The molecule has 0 aromatic heterocycles. The van der Waals surface area contributed by atoms with Crippen molar-refractivity contribution in [2.75, 3.05) is 13.2 Å². The third kappa shape index (κ3) is 1.92. The third-order valence-corrected chi connectivity index (χ3v) is 5.97. The average molecular weight is 278 g/mol. The number of nitrogens with zero attached hydrogens (tertiary/aromatic N) is 1. The summed E-state index contributed by atoms with van der Waals surface area (Å²) in [6.07, 6.45) is 11.0. The summed E-state index contributed by atoms with van der Waals surface area (Å²) >= 11 is 0. The fourth-order valence-corrected chi connectivity index (χ4v) is 4.88. The van der Waals surface area contributed by atoms with E-state index in [0.29, 0.717) is 17.9 Å². The lowest BCUT2D eigenvalue weighted by molar-refractivity contribution is -0.136. The smallest absolute Gasteiger partial charge is 0.244 e. The summed E-state index contributed by atoms with van der Waals surface area (Å²) in [5, 5.41) is 3.81. The van der Waals surface area contributed by atoms with Crippen LogP contribution in [-0.4, -0.2) is 41.8 Å². The van der Waals surface area contributed by atoms with Gasteiger partial charge in [0.1, 0.15) is 0 Å². The topological polar surface area (TPSA) is 41.6 Å². The molecule has 2 unspecified atom stereocenters. The van der Waals surface area contributed by atoms with Gasteiger partial charge in [-0.3, -0.25) is 10.1 Å². The van der Waals surface area contributed by atoms with Crippen molar-refractivity contribution >= 4 is 5.91 Å². The van der Waals surface area contributed by atoms with Gasteiger partial charge in [0.2, 0.25) is 5.91 Å². The molecule has 4 aliphatic rings. The minimum atomic E-state index is -0.212. The van der Waals surface area contributed by atoms with Crippen molar-refractivity contribution in [3.63, 3.8) is 0 Å². The van der Waals surface area contributed by atoms with Gasteiger partial charge in [-0.1, -0.05) is 25.7 Å². The minimum Gasteiger partial charge on any atom is -0.379 e. The summed E-state index contributed by atoms with van der Waals surface area (Å²) < 4.78 is 5.56. The first-order valence-corrected chi connectivity index (χ1v) is 8.48. The molecule has 112 valence electrons.